The molecule has 0 aromatic heterocycles. The quantitative estimate of drug-likeness (QED) is 0.474. The number of nitrogens with zero attached hydrogens (tertiary/aromatic N) is 1. The Morgan fingerprint density at radius 2 is 1.88 bits per heavy atom. The fraction of sp³-hybridized carbons (Fsp3) is 0.433. The average molecular weight is 550 g/mol. The highest BCUT2D eigenvalue weighted by Crippen LogP contribution is 2.65. The highest BCUT2D eigenvalue weighted by molar-refractivity contribution is 5.82. The molecule has 10 nitrogen and oxygen atoms in total. The molecule has 2 bridgehead atoms. The Morgan fingerprint density at radius 3 is 2.60 bits per heavy atom. The smallest absolute Gasteiger partial charge is 0.349 e. The lowest BCUT2D eigenvalue weighted by Crippen LogP contribution is -2.74. The molecule has 1 fully saturated rings. The summed E-state index contributed by atoms with van der Waals surface area (Å²) in [6.07, 6.45) is 0.389. The average Bonchev–Trinajstić information content (AvgIpc) is 3.30. The predicted octanol–water partition coefficient (Wildman–Crippen LogP) is 2.67. The maximum absolute atomic E-state index is 12.9. The normalized spacial score (nSPS) is 28.4. The van der Waals surface area contributed by atoms with Gasteiger partial charge in [0.15, 0.2) is 17.6 Å². The van der Waals surface area contributed by atoms with Crippen LogP contribution in [0.15, 0.2) is 54.3 Å². The van der Waals surface area contributed by atoms with Crippen LogP contribution in [0.1, 0.15) is 48.5 Å². The number of esters is 2. The SMILES string of the molecule is COc1ccc2c3c1OC1C(OC(=O)CCC(=O)O[C@H](C(=O)O)c4ccccc4)=CC[C@@]4(O)[C@@H](C2)N(C)CCC314. The van der Waals surface area contributed by atoms with Gasteiger partial charge in [-0.15, -0.1) is 0 Å². The van der Waals surface area contributed by atoms with E-state index in [1.165, 1.54) is 0 Å². The van der Waals surface area contributed by atoms with E-state index in [9.17, 15) is 24.6 Å². The van der Waals surface area contributed by atoms with Gasteiger partial charge >= 0.3 is 17.9 Å². The molecule has 0 radical (unpaired) electrons. The zero-order valence-corrected chi connectivity index (χ0v) is 22.3. The van der Waals surface area contributed by atoms with Crippen LogP contribution < -0.4 is 9.47 Å². The number of hydrogen-bond donors (Lipinski definition) is 2. The number of benzene rings is 2. The molecule has 2 heterocycles. The largest absolute Gasteiger partial charge is 0.493 e. The van der Waals surface area contributed by atoms with Crippen LogP contribution in [-0.4, -0.2) is 71.5 Å². The lowest BCUT2D eigenvalue weighted by molar-refractivity contribution is -0.170. The number of carboxylic acids is 1. The monoisotopic (exact) mass is 549 g/mol. The number of piperidine rings is 1. The first-order valence-corrected chi connectivity index (χ1v) is 13.4. The van der Waals surface area contributed by atoms with E-state index < -0.39 is 41.1 Å². The van der Waals surface area contributed by atoms with Crippen molar-refractivity contribution in [2.45, 2.75) is 61.4 Å². The first-order valence-electron chi connectivity index (χ1n) is 13.4. The van der Waals surface area contributed by atoms with Crippen LogP contribution in [0.2, 0.25) is 0 Å². The molecule has 210 valence electrons. The Bertz CT molecular complexity index is 1410. The molecule has 6 rings (SSSR count). The second kappa shape index (κ2) is 9.64. The molecule has 2 aliphatic heterocycles. The van der Waals surface area contributed by atoms with Gasteiger partial charge in [0.1, 0.15) is 5.76 Å². The van der Waals surface area contributed by atoms with Crippen molar-refractivity contribution in [3.63, 3.8) is 0 Å². The number of carbonyl (C=O) groups is 3. The van der Waals surface area contributed by atoms with Crippen LogP contribution in [0.4, 0.5) is 0 Å². The van der Waals surface area contributed by atoms with Gasteiger partial charge in [0, 0.05) is 23.6 Å². The molecular formula is C30H31NO9. The summed E-state index contributed by atoms with van der Waals surface area (Å²) in [6, 6.07) is 11.9. The number of rotatable bonds is 8. The number of likely N-dealkylation sites (N-methyl/N-ethyl adjacent to an activating group) is 1. The van der Waals surface area contributed by atoms with E-state index in [2.05, 4.69) is 4.90 Å². The Morgan fingerprint density at radius 1 is 1.12 bits per heavy atom. The van der Waals surface area contributed by atoms with Gasteiger partial charge in [0.25, 0.3) is 0 Å². The number of hydrogen-bond acceptors (Lipinski definition) is 9. The molecule has 0 saturated carbocycles. The molecular weight excluding hydrogens is 518 g/mol. The third-order valence-electron chi connectivity index (χ3n) is 8.90. The summed E-state index contributed by atoms with van der Waals surface area (Å²) in [7, 11) is 3.58. The molecule has 2 unspecified atom stereocenters. The summed E-state index contributed by atoms with van der Waals surface area (Å²) in [5, 5.41) is 21.7. The number of ether oxygens (including phenoxy) is 4. The van der Waals surface area contributed by atoms with Crippen molar-refractivity contribution in [3.8, 4) is 11.5 Å². The van der Waals surface area contributed by atoms with E-state index in [1.54, 1.807) is 43.5 Å². The Hall–Kier alpha value is -3.89. The molecule has 5 atom stereocenters. The fourth-order valence-corrected chi connectivity index (χ4v) is 7.05. The molecule has 1 spiro atoms. The van der Waals surface area contributed by atoms with Gasteiger partial charge in [0.05, 0.1) is 31.0 Å². The summed E-state index contributed by atoms with van der Waals surface area (Å²) in [6.45, 7) is 0.738. The number of aliphatic hydroxyl groups is 1. The van der Waals surface area contributed by atoms with Crippen molar-refractivity contribution in [2.24, 2.45) is 0 Å². The zero-order valence-electron chi connectivity index (χ0n) is 22.3. The van der Waals surface area contributed by atoms with E-state index in [0.29, 0.717) is 35.7 Å². The van der Waals surface area contributed by atoms with E-state index in [0.717, 1.165) is 17.7 Å². The van der Waals surface area contributed by atoms with E-state index in [-0.39, 0.29) is 25.3 Å². The standard InChI is InChI=1S/C30H31NO9/c1-31-15-14-29-24-18-8-9-19(37-2)26(24)40-27(29)20(12-13-30(29,36)21(31)16-18)38-22(32)10-11-23(33)39-25(28(34)35)17-6-4-3-5-7-17/h3-9,12,21,25,27,36H,10-11,13-16H2,1-2H3,(H,34,35)/t21-,25+,27?,29?,30-/m1/s1. The van der Waals surface area contributed by atoms with Crippen LogP contribution in [0.5, 0.6) is 11.5 Å². The minimum atomic E-state index is -1.47. The van der Waals surface area contributed by atoms with Crippen LogP contribution in [0.25, 0.3) is 0 Å². The second-order valence-electron chi connectivity index (χ2n) is 10.9. The summed E-state index contributed by atoms with van der Waals surface area (Å²) < 4.78 is 23.0. The topological polar surface area (TPSA) is 132 Å². The van der Waals surface area contributed by atoms with Crippen LogP contribution in [0, 0.1) is 0 Å². The summed E-state index contributed by atoms with van der Waals surface area (Å²) in [5.41, 5.74) is 0.394. The van der Waals surface area contributed by atoms with Crippen molar-refractivity contribution in [3.05, 3.63) is 71.0 Å². The summed E-state index contributed by atoms with van der Waals surface area (Å²) in [4.78, 5) is 39.2. The zero-order chi connectivity index (χ0) is 28.2. The molecule has 4 aliphatic rings. The van der Waals surface area contributed by atoms with Crippen LogP contribution in [0.3, 0.4) is 0 Å². The number of aliphatic carboxylic acids is 1. The van der Waals surface area contributed by atoms with Gasteiger partial charge < -0.3 is 34.1 Å². The number of carboxylic acid groups (broad SMARTS) is 1. The Balaban J connectivity index is 1.20. The first-order chi connectivity index (χ1) is 19.2. The van der Waals surface area contributed by atoms with Crippen molar-refractivity contribution >= 4 is 17.9 Å². The Labute approximate surface area is 231 Å². The first kappa shape index (κ1) is 26.3. The molecule has 2 aromatic carbocycles. The third-order valence-corrected chi connectivity index (χ3v) is 8.90. The third kappa shape index (κ3) is 3.81. The predicted molar refractivity (Wildman–Crippen MR) is 140 cm³/mol. The van der Waals surface area contributed by atoms with Gasteiger partial charge in [-0.3, -0.25) is 9.59 Å². The minimum Gasteiger partial charge on any atom is -0.493 e. The lowest BCUT2D eigenvalue weighted by Gasteiger charge is -2.61. The molecule has 2 aliphatic carbocycles. The molecule has 40 heavy (non-hydrogen) atoms. The number of methoxy groups -OCH3 is 1. The molecule has 2 N–H and O–H groups in total. The minimum absolute atomic E-state index is 0.130. The summed E-state index contributed by atoms with van der Waals surface area (Å²) in [5.74, 6) is -1.39. The van der Waals surface area contributed by atoms with E-state index in [4.69, 9.17) is 18.9 Å². The molecule has 0 amide bonds. The van der Waals surface area contributed by atoms with Gasteiger partial charge in [-0.1, -0.05) is 36.4 Å². The lowest BCUT2D eigenvalue weighted by atomic mass is 9.50. The second-order valence-corrected chi connectivity index (χ2v) is 10.9. The maximum atomic E-state index is 12.9. The van der Waals surface area contributed by atoms with Gasteiger partial charge in [-0.2, -0.15) is 0 Å². The Kier molecular flexibility index (Phi) is 6.35. The van der Waals surface area contributed by atoms with E-state index in [1.807, 2.05) is 19.2 Å². The van der Waals surface area contributed by atoms with Crippen molar-refractivity contribution in [2.75, 3.05) is 20.7 Å². The summed E-state index contributed by atoms with van der Waals surface area (Å²) >= 11 is 0. The van der Waals surface area contributed by atoms with Crippen LogP contribution in [-0.2, 0) is 35.7 Å². The number of likely N-dealkylation sites (tertiary alicyclic amines) is 1. The van der Waals surface area contributed by atoms with Gasteiger partial charge in [-0.05, 0) is 44.1 Å². The highest BCUT2D eigenvalue weighted by atomic mass is 16.6. The van der Waals surface area contributed by atoms with Gasteiger partial charge in [0.2, 0.25) is 6.10 Å². The van der Waals surface area contributed by atoms with Crippen molar-refractivity contribution in [1.82, 2.24) is 4.90 Å². The number of carbonyl (C=O) groups excluding carboxylic acids is 2. The van der Waals surface area contributed by atoms with Crippen molar-refractivity contribution < 1.29 is 43.5 Å². The maximum Gasteiger partial charge on any atom is 0.349 e. The fourth-order valence-electron chi connectivity index (χ4n) is 7.05. The molecule has 2 aromatic rings. The molecule has 1 saturated heterocycles. The molecule has 10 heteroatoms. The van der Waals surface area contributed by atoms with E-state index >= 15 is 0 Å². The van der Waals surface area contributed by atoms with Crippen LogP contribution >= 0.6 is 0 Å². The van der Waals surface area contributed by atoms with Crippen molar-refractivity contribution in [1.29, 1.82) is 0 Å². The highest BCUT2D eigenvalue weighted by Gasteiger charge is 2.72. The van der Waals surface area contributed by atoms with Gasteiger partial charge in [-0.25, -0.2) is 4.79 Å².